The van der Waals surface area contributed by atoms with Gasteiger partial charge in [0, 0.05) is 18.7 Å². The van der Waals surface area contributed by atoms with Gasteiger partial charge < -0.3 is 14.4 Å². The largest absolute Gasteiger partial charge is 0.496 e. The molecule has 1 aliphatic rings. The summed E-state index contributed by atoms with van der Waals surface area (Å²) in [6.07, 6.45) is 0. The number of methoxy groups -OCH3 is 1. The minimum atomic E-state index is -0.206. The Labute approximate surface area is 136 Å². The molecule has 108 valence electrons. The van der Waals surface area contributed by atoms with Gasteiger partial charge in [-0.25, -0.2) is 0 Å². The van der Waals surface area contributed by atoms with E-state index in [9.17, 15) is 4.79 Å². The van der Waals surface area contributed by atoms with Crippen LogP contribution in [0, 0.1) is 3.57 Å². The molecular weight excluding hydrogens is 391 g/mol. The van der Waals surface area contributed by atoms with Gasteiger partial charge in [0.25, 0.3) is 5.91 Å². The predicted octanol–water partition coefficient (Wildman–Crippen LogP) is 1.65. The first kappa shape index (κ1) is 15.5. The number of rotatable bonds is 2. The van der Waals surface area contributed by atoms with Crippen LogP contribution in [-0.4, -0.2) is 49.3 Å². The molecule has 20 heavy (non-hydrogen) atoms. The number of nitrogens with zero attached hydrogens (tertiary/aromatic N) is 1. The highest BCUT2D eigenvalue weighted by Crippen LogP contribution is 2.21. The van der Waals surface area contributed by atoms with Gasteiger partial charge in [0.15, 0.2) is 5.11 Å². The summed E-state index contributed by atoms with van der Waals surface area (Å²) in [5.41, 5.74) is 0.561. The van der Waals surface area contributed by atoms with Crippen molar-refractivity contribution in [3.8, 4) is 5.75 Å². The molecule has 0 aromatic heterocycles. The van der Waals surface area contributed by atoms with Gasteiger partial charge in [-0.15, -0.1) is 0 Å². The highest BCUT2D eigenvalue weighted by atomic mass is 127. The summed E-state index contributed by atoms with van der Waals surface area (Å²) in [5.74, 6) is 0.542. The molecule has 2 rings (SSSR count). The zero-order chi connectivity index (χ0) is 14.5. The van der Waals surface area contributed by atoms with Gasteiger partial charge in [0.05, 0.1) is 23.9 Å². The van der Waals surface area contributed by atoms with Crippen molar-refractivity contribution in [2.45, 2.75) is 0 Å². The molecule has 0 radical (unpaired) electrons. The summed E-state index contributed by atoms with van der Waals surface area (Å²) in [6.45, 7) is 2.69. The fourth-order valence-corrected chi connectivity index (χ4v) is 2.83. The van der Waals surface area contributed by atoms with Crippen LogP contribution >= 0.6 is 34.8 Å². The number of ether oxygens (including phenoxy) is 2. The third kappa shape index (κ3) is 3.80. The van der Waals surface area contributed by atoms with E-state index in [1.807, 2.05) is 4.90 Å². The Balaban J connectivity index is 2.00. The monoisotopic (exact) mass is 406 g/mol. The van der Waals surface area contributed by atoms with Crippen molar-refractivity contribution >= 4 is 45.8 Å². The number of nitrogens with one attached hydrogen (secondary N) is 1. The minimum absolute atomic E-state index is 0.206. The molecule has 1 N–H and O–H groups in total. The van der Waals surface area contributed by atoms with Crippen molar-refractivity contribution in [1.82, 2.24) is 10.2 Å². The summed E-state index contributed by atoms with van der Waals surface area (Å²) in [5, 5.41) is 3.20. The van der Waals surface area contributed by atoms with Crippen LogP contribution in [0.3, 0.4) is 0 Å². The number of hydrogen-bond donors (Lipinski definition) is 1. The average Bonchev–Trinajstić information content (AvgIpc) is 2.48. The lowest BCUT2D eigenvalue weighted by molar-refractivity contribution is 0.0669. The van der Waals surface area contributed by atoms with Crippen LogP contribution in [0.4, 0.5) is 0 Å². The van der Waals surface area contributed by atoms with E-state index in [-0.39, 0.29) is 5.91 Å². The van der Waals surface area contributed by atoms with Gasteiger partial charge in [-0.1, -0.05) is 0 Å². The average molecular weight is 406 g/mol. The van der Waals surface area contributed by atoms with Crippen molar-refractivity contribution in [3.05, 3.63) is 27.3 Å². The van der Waals surface area contributed by atoms with E-state index in [1.54, 1.807) is 25.3 Å². The number of carbonyl (C=O) groups excluding carboxylic acids is 1. The zero-order valence-electron chi connectivity index (χ0n) is 11.0. The molecule has 1 saturated heterocycles. The number of halogens is 1. The lowest BCUT2D eigenvalue weighted by Gasteiger charge is -2.28. The Morgan fingerprint density at radius 2 is 2.15 bits per heavy atom. The second-order valence-electron chi connectivity index (χ2n) is 4.21. The van der Waals surface area contributed by atoms with Gasteiger partial charge in [-0.3, -0.25) is 10.1 Å². The quantitative estimate of drug-likeness (QED) is 0.598. The summed E-state index contributed by atoms with van der Waals surface area (Å²) in [7, 11) is 1.60. The van der Waals surface area contributed by atoms with E-state index in [0.29, 0.717) is 37.0 Å². The number of morpholine rings is 1. The van der Waals surface area contributed by atoms with Crippen molar-refractivity contribution in [1.29, 1.82) is 0 Å². The van der Waals surface area contributed by atoms with Crippen LogP contribution in [0.2, 0.25) is 0 Å². The smallest absolute Gasteiger partial charge is 0.257 e. The standard InChI is InChI=1S/C13H15IN2O3S/c1-18-11-3-2-9(8-10(11)14)12(17)15-13(20)16-4-6-19-7-5-16/h2-3,8H,4-7H2,1H3,(H,15,17,20). The minimum Gasteiger partial charge on any atom is -0.496 e. The third-order valence-electron chi connectivity index (χ3n) is 2.93. The van der Waals surface area contributed by atoms with Crippen molar-refractivity contribution < 1.29 is 14.3 Å². The van der Waals surface area contributed by atoms with Crippen LogP contribution < -0.4 is 10.1 Å². The molecule has 0 bridgehead atoms. The summed E-state index contributed by atoms with van der Waals surface area (Å²) < 4.78 is 11.3. The van der Waals surface area contributed by atoms with Crippen molar-refractivity contribution in [2.75, 3.05) is 33.4 Å². The molecule has 0 saturated carbocycles. The molecule has 0 unspecified atom stereocenters. The molecule has 7 heteroatoms. The molecule has 1 fully saturated rings. The predicted molar refractivity (Wildman–Crippen MR) is 88.2 cm³/mol. The summed E-state index contributed by atoms with van der Waals surface area (Å²) >= 11 is 7.38. The molecule has 1 aromatic carbocycles. The van der Waals surface area contributed by atoms with E-state index < -0.39 is 0 Å². The van der Waals surface area contributed by atoms with Gasteiger partial charge in [0.1, 0.15) is 5.75 Å². The van der Waals surface area contributed by atoms with Crippen molar-refractivity contribution in [2.24, 2.45) is 0 Å². The SMILES string of the molecule is COc1ccc(C(=O)NC(=S)N2CCOCC2)cc1I. The van der Waals surface area contributed by atoms with E-state index in [1.165, 1.54) is 0 Å². The highest BCUT2D eigenvalue weighted by molar-refractivity contribution is 14.1. The second kappa shape index (κ2) is 7.19. The second-order valence-corrected chi connectivity index (χ2v) is 5.76. The number of amides is 1. The van der Waals surface area contributed by atoms with E-state index >= 15 is 0 Å². The first-order valence-corrected chi connectivity index (χ1v) is 7.62. The maximum absolute atomic E-state index is 12.1. The maximum atomic E-state index is 12.1. The zero-order valence-corrected chi connectivity index (χ0v) is 14.0. The lowest BCUT2D eigenvalue weighted by atomic mass is 10.2. The topological polar surface area (TPSA) is 50.8 Å². The van der Waals surface area contributed by atoms with Crippen LogP contribution in [0.25, 0.3) is 0 Å². The maximum Gasteiger partial charge on any atom is 0.257 e. The molecular formula is C13H15IN2O3S. The highest BCUT2D eigenvalue weighted by Gasteiger charge is 2.17. The van der Waals surface area contributed by atoms with E-state index in [4.69, 9.17) is 21.7 Å². The molecule has 0 atom stereocenters. The van der Waals surface area contributed by atoms with Gasteiger partial charge in [-0.05, 0) is 53.0 Å². The van der Waals surface area contributed by atoms with E-state index in [2.05, 4.69) is 27.9 Å². The first-order chi connectivity index (χ1) is 9.61. The fraction of sp³-hybridized carbons (Fsp3) is 0.385. The lowest BCUT2D eigenvalue weighted by Crippen LogP contribution is -2.47. The Hall–Kier alpha value is -0.930. The first-order valence-electron chi connectivity index (χ1n) is 6.13. The molecule has 5 nitrogen and oxygen atoms in total. The Kier molecular flexibility index (Phi) is 5.55. The molecule has 0 aliphatic carbocycles. The van der Waals surface area contributed by atoms with Crippen LogP contribution in [0.5, 0.6) is 5.75 Å². The Morgan fingerprint density at radius 1 is 1.45 bits per heavy atom. The van der Waals surface area contributed by atoms with Gasteiger partial charge in [-0.2, -0.15) is 0 Å². The number of hydrogen-bond acceptors (Lipinski definition) is 4. The number of benzene rings is 1. The third-order valence-corrected chi connectivity index (χ3v) is 4.14. The molecule has 1 aromatic rings. The Bertz CT molecular complexity index is 518. The molecule has 1 amide bonds. The number of thiocarbonyl (C=S) groups is 1. The summed E-state index contributed by atoms with van der Waals surface area (Å²) in [6, 6.07) is 5.27. The van der Waals surface area contributed by atoms with Crippen LogP contribution in [-0.2, 0) is 4.74 Å². The van der Waals surface area contributed by atoms with Crippen LogP contribution in [0.15, 0.2) is 18.2 Å². The van der Waals surface area contributed by atoms with E-state index in [0.717, 1.165) is 9.32 Å². The normalized spacial score (nSPS) is 14.8. The Morgan fingerprint density at radius 3 is 2.75 bits per heavy atom. The van der Waals surface area contributed by atoms with Gasteiger partial charge >= 0.3 is 0 Å². The number of carbonyl (C=O) groups is 1. The fourth-order valence-electron chi connectivity index (χ4n) is 1.82. The molecule has 1 heterocycles. The van der Waals surface area contributed by atoms with Gasteiger partial charge in [0.2, 0.25) is 0 Å². The van der Waals surface area contributed by atoms with Crippen molar-refractivity contribution in [3.63, 3.8) is 0 Å². The molecule has 1 aliphatic heterocycles. The summed E-state index contributed by atoms with van der Waals surface area (Å²) in [4.78, 5) is 14.1. The molecule has 0 spiro atoms. The van der Waals surface area contributed by atoms with Crippen LogP contribution in [0.1, 0.15) is 10.4 Å².